The third-order valence-electron chi connectivity index (χ3n) is 1.11. The lowest BCUT2D eigenvalue weighted by Crippen LogP contribution is -1.89. The Morgan fingerprint density at radius 3 is 1.57 bits per heavy atom. The van der Waals surface area contributed by atoms with Crippen LogP contribution >= 0.6 is 0 Å². The Labute approximate surface area is 88.4 Å². The highest BCUT2D eigenvalue weighted by atomic mass is 16.1. The molecule has 0 bridgehead atoms. The molecule has 0 aromatic rings. The van der Waals surface area contributed by atoms with E-state index >= 15 is 0 Å². The third-order valence-corrected chi connectivity index (χ3v) is 1.11. The van der Waals surface area contributed by atoms with Gasteiger partial charge in [-0.15, -0.1) is 0 Å². The van der Waals surface area contributed by atoms with E-state index in [-0.39, 0.29) is 0 Å². The second-order valence-corrected chi connectivity index (χ2v) is 2.16. The largest absolute Gasteiger partial charge is 0.323 e. The molecule has 0 aliphatic rings. The summed E-state index contributed by atoms with van der Waals surface area (Å²) < 4.78 is 0. The van der Waals surface area contributed by atoms with E-state index in [0.717, 1.165) is 11.9 Å². The van der Waals surface area contributed by atoms with Crippen molar-refractivity contribution >= 4 is 6.29 Å². The van der Waals surface area contributed by atoms with Gasteiger partial charge in [0.1, 0.15) is 6.29 Å². The first-order valence-electron chi connectivity index (χ1n) is 4.67. The van der Waals surface area contributed by atoms with E-state index in [1.54, 1.807) is 6.08 Å². The Morgan fingerprint density at radius 1 is 1.14 bits per heavy atom. The summed E-state index contributed by atoms with van der Waals surface area (Å²) in [4.78, 5) is 10.2. The Balaban J connectivity index is -0.000000205. The average molecular weight is 197 g/mol. The molecular weight excluding hydrogens is 174 g/mol. The number of nitrogens with one attached hydrogen (secondary N) is 1. The summed E-state index contributed by atoms with van der Waals surface area (Å²) in [6.07, 6.45) is 3.92. The number of carbonyl (C=O) groups is 1. The first-order valence-corrected chi connectivity index (χ1v) is 4.67. The van der Waals surface area contributed by atoms with Gasteiger partial charge in [-0.3, -0.25) is 4.79 Å². The molecule has 0 aliphatic carbocycles. The van der Waals surface area contributed by atoms with Crippen molar-refractivity contribution in [1.29, 1.82) is 0 Å². The maximum absolute atomic E-state index is 10.2. The summed E-state index contributed by atoms with van der Waals surface area (Å²) >= 11 is 0. The molecule has 2 nitrogen and oxygen atoms in total. The molecule has 0 radical (unpaired) electrons. The molecule has 82 valence electrons. The highest BCUT2D eigenvalue weighted by Gasteiger charge is 1.89. The SMILES string of the molecule is C=C/C(C)=C(\C=C)C=O.CC.CNC. The van der Waals surface area contributed by atoms with Crippen LogP contribution in [0.25, 0.3) is 0 Å². The Bertz CT molecular complexity index is 171. The van der Waals surface area contributed by atoms with Gasteiger partial charge in [-0.2, -0.15) is 0 Å². The number of aldehydes is 1. The predicted molar refractivity (Wildman–Crippen MR) is 65.5 cm³/mol. The topological polar surface area (TPSA) is 29.1 Å². The van der Waals surface area contributed by atoms with Crippen LogP contribution in [0, 0.1) is 0 Å². The summed E-state index contributed by atoms with van der Waals surface area (Å²) in [5.41, 5.74) is 1.46. The minimum Gasteiger partial charge on any atom is -0.323 e. The molecule has 0 aromatic carbocycles. The van der Waals surface area contributed by atoms with Crippen LogP contribution in [0.1, 0.15) is 20.8 Å². The molecule has 0 atom stereocenters. The fraction of sp³-hybridized carbons (Fsp3) is 0.417. The summed E-state index contributed by atoms with van der Waals surface area (Å²) in [6.45, 7) is 12.8. The quantitative estimate of drug-likeness (QED) is 0.428. The third kappa shape index (κ3) is 13.4. The smallest absolute Gasteiger partial charge is 0.150 e. The molecule has 0 aliphatic heterocycles. The molecule has 0 saturated heterocycles. The second-order valence-electron chi connectivity index (χ2n) is 2.16. The predicted octanol–water partition coefficient (Wildman–Crippen LogP) is 2.74. The molecule has 0 rings (SSSR count). The van der Waals surface area contributed by atoms with Crippen LogP contribution in [0.5, 0.6) is 0 Å². The lowest BCUT2D eigenvalue weighted by atomic mass is 10.1. The molecular formula is C12H23NO. The van der Waals surface area contributed by atoms with Crippen molar-refractivity contribution in [1.82, 2.24) is 5.32 Å². The maximum Gasteiger partial charge on any atom is 0.150 e. The van der Waals surface area contributed by atoms with Gasteiger partial charge in [0.15, 0.2) is 0 Å². The van der Waals surface area contributed by atoms with Crippen LogP contribution in [-0.4, -0.2) is 20.4 Å². The van der Waals surface area contributed by atoms with Gasteiger partial charge in [-0.25, -0.2) is 0 Å². The molecule has 14 heavy (non-hydrogen) atoms. The van der Waals surface area contributed by atoms with Crippen LogP contribution in [-0.2, 0) is 4.79 Å². The minimum atomic E-state index is 0.602. The monoisotopic (exact) mass is 197 g/mol. The number of rotatable bonds is 3. The van der Waals surface area contributed by atoms with Crippen LogP contribution in [0.15, 0.2) is 36.5 Å². The first-order chi connectivity index (χ1) is 6.67. The molecule has 0 spiro atoms. The second kappa shape index (κ2) is 17.8. The van der Waals surface area contributed by atoms with Gasteiger partial charge in [0.25, 0.3) is 0 Å². The Hall–Kier alpha value is -1.15. The zero-order valence-corrected chi connectivity index (χ0v) is 10.1. The van der Waals surface area contributed by atoms with Crippen LogP contribution in [0.2, 0.25) is 0 Å². The summed E-state index contributed by atoms with van der Waals surface area (Å²) in [5.74, 6) is 0. The molecule has 0 aromatic heterocycles. The zero-order valence-electron chi connectivity index (χ0n) is 10.1. The summed E-state index contributed by atoms with van der Waals surface area (Å²) in [5, 5.41) is 2.75. The lowest BCUT2D eigenvalue weighted by molar-refractivity contribution is -0.104. The standard InChI is InChI=1S/C8H10O.C2H7N.C2H6/c1-4-7(3)8(5-2)6-9;1-3-2;1-2/h4-6H,1-2H2,3H3;3H,1-2H3;1-2H3/b8-7+;;. The molecule has 1 N–H and O–H groups in total. The summed E-state index contributed by atoms with van der Waals surface area (Å²) in [7, 11) is 3.75. The lowest BCUT2D eigenvalue weighted by Gasteiger charge is -1.91. The minimum absolute atomic E-state index is 0.602. The van der Waals surface area contributed by atoms with Crippen LogP contribution < -0.4 is 5.32 Å². The fourth-order valence-electron chi connectivity index (χ4n) is 0.420. The van der Waals surface area contributed by atoms with Gasteiger partial charge in [-0.05, 0) is 26.6 Å². The highest BCUT2D eigenvalue weighted by Crippen LogP contribution is 2.01. The number of allylic oxidation sites excluding steroid dienone is 4. The Kier molecular flexibility index (Phi) is 23.7. The molecule has 2 heteroatoms. The first kappa shape index (κ1) is 18.6. The van der Waals surface area contributed by atoms with Crippen LogP contribution in [0.4, 0.5) is 0 Å². The number of hydrogen-bond acceptors (Lipinski definition) is 2. The van der Waals surface area contributed by atoms with Gasteiger partial charge in [0.2, 0.25) is 0 Å². The zero-order chi connectivity index (χ0) is 12.0. The maximum atomic E-state index is 10.2. The van der Waals surface area contributed by atoms with Gasteiger partial charge in [0.05, 0.1) is 0 Å². The van der Waals surface area contributed by atoms with E-state index < -0.39 is 0 Å². The molecule has 0 amide bonds. The van der Waals surface area contributed by atoms with Gasteiger partial charge in [0, 0.05) is 5.57 Å². The average Bonchev–Trinajstić information content (AvgIpc) is 2.23. The Morgan fingerprint density at radius 2 is 1.50 bits per heavy atom. The van der Waals surface area contributed by atoms with Crippen molar-refractivity contribution in [2.24, 2.45) is 0 Å². The van der Waals surface area contributed by atoms with E-state index in [0.29, 0.717) is 5.57 Å². The molecule has 0 heterocycles. The van der Waals surface area contributed by atoms with Gasteiger partial charge < -0.3 is 5.32 Å². The number of hydrogen-bond donors (Lipinski definition) is 1. The van der Waals surface area contributed by atoms with Crippen molar-refractivity contribution in [3.05, 3.63) is 36.5 Å². The van der Waals surface area contributed by atoms with E-state index in [1.165, 1.54) is 6.08 Å². The van der Waals surface area contributed by atoms with E-state index in [1.807, 2.05) is 34.9 Å². The number of carbonyl (C=O) groups excluding carboxylic acids is 1. The van der Waals surface area contributed by atoms with Crippen LogP contribution in [0.3, 0.4) is 0 Å². The van der Waals surface area contributed by atoms with Crippen molar-refractivity contribution in [3.63, 3.8) is 0 Å². The molecule has 0 saturated carbocycles. The summed E-state index contributed by atoms with van der Waals surface area (Å²) in [6, 6.07) is 0. The van der Waals surface area contributed by atoms with Crippen molar-refractivity contribution in [3.8, 4) is 0 Å². The van der Waals surface area contributed by atoms with E-state index in [2.05, 4.69) is 18.5 Å². The van der Waals surface area contributed by atoms with E-state index in [9.17, 15) is 4.79 Å². The highest BCUT2D eigenvalue weighted by molar-refractivity contribution is 5.79. The van der Waals surface area contributed by atoms with Crippen molar-refractivity contribution in [2.75, 3.05) is 14.1 Å². The molecule has 0 fully saturated rings. The fourth-order valence-corrected chi connectivity index (χ4v) is 0.420. The van der Waals surface area contributed by atoms with Gasteiger partial charge >= 0.3 is 0 Å². The van der Waals surface area contributed by atoms with Crippen molar-refractivity contribution < 1.29 is 4.79 Å². The molecule has 0 unspecified atom stereocenters. The normalized spacial score (nSPS) is 9.21. The van der Waals surface area contributed by atoms with E-state index in [4.69, 9.17) is 0 Å². The van der Waals surface area contributed by atoms with Crippen molar-refractivity contribution in [2.45, 2.75) is 20.8 Å². The van der Waals surface area contributed by atoms with Gasteiger partial charge in [-0.1, -0.05) is 39.2 Å².